The zero-order chi connectivity index (χ0) is 13.2. The van der Waals surface area contributed by atoms with Crippen LogP contribution in [0.15, 0.2) is 0 Å². The average molecular weight is 253 g/mol. The summed E-state index contributed by atoms with van der Waals surface area (Å²) in [7, 11) is 0. The van der Waals surface area contributed by atoms with E-state index in [0.29, 0.717) is 0 Å². The molecule has 0 fully saturated rings. The minimum Gasteiger partial charge on any atom is -0.852 e. The van der Waals surface area contributed by atoms with E-state index in [1.807, 2.05) is 0 Å². The summed E-state index contributed by atoms with van der Waals surface area (Å²) in [5.41, 5.74) is 0. The topological polar surface area (TPSA) is 26.1 Å². The number of hydrogen-bond donors (Lipinski definition) is 0. The normalized spacial score (nSPS) is 21.7. The maximum atomic E-state index is 11.7. The summed E-state index contributed by atoms with van der Waals surface area (Å²) >= 11 is 0. The quantitative estimate of drug-likeness (QED) is 0.580. The van der Waals surface area contributed by atoms with Gasteiger partial charge in [0.15, 0.2) is 0 Å². The summed E-state index contributed by atoms with van der Waals surface area (Å²) in [5, 5.41) is 11.7. The van der Waals surface area contributed by atoms with E-state index in [4.69, 9.17) is 0 Å². The maximum Gasteiger partial charge on any atom is 0.142 e. The number of rotatable bonds is 9. The van der Waals surface area contributed by atoms with E-state index >= 15 is 0 Å². The third kappa shape index (κ3) is 6.53. The Morgan fingerprint density at radius 1 is 1.22 bits per heavy atom. The molecule has 2 nitrogen and oxygen atoms in total. The summed E-state index contributed by atoms with van der Waals surface area (Å²) in [6.45, 7) is 6.57. The van der Waals surface area contributed by atoms with E-state index in [1.54, 1.807) is 0 Å². The Labute approximate surface area is 113 Å². The summed E-state index contributed by atoms with van der Waals surface area (Å²) in [6.07, 6.45) is 12.7. The highest BCUT2D eigenvalue weighted by Crippen LogP contribution is 2.16. The van der Waals surface area contributed by atoms with Gasteiger partial charge in [-0.05, 0) is 19.3 Å². The van der Waals surface area contributed by atoms with Gasteiger partial charge in [-0.15, -0.1) is 6.10 Å². The van der Waals surface area contributed by atoms with Gasteiger partial charge in [0.2, 0.25) is 0 Å². The molecule has 0 unspecified atom stereocenters. The Kier molecular flexibility index (Phi) is 8.32. The van der Waals surface area contributed by atoms with Crippen molar-refractivity contribution >= 4 is 6.21 Å². The molecule has 0 saturated carbocycles. The lowest BCUT2D eigenvalue weighted by atomic mass is 9.95. The molecule has 1 aliphatic heterocycles. The van der Waals surface area contributed by atoms with Crippen LogP contribution in [0.5, 0.6) is 0 Å². The van der Waals surface area contributed by atoms with Crippen LogP contribution < -0.4 is 5.11 Å². The molecule has 2 atom stereocenters. The monoisotopic (exact) mass is 253 g/mol. The van der Waals surface area contributed by atoms with Crippen LogP contribution >= 0.6 is 0 Å². The third-order valence-corrected chi connectivity index (χ3v) is 3.99. The molecule has 0 aromatic rings. The van der Waals surface area contributed by atoms with Crippen LogP contribution in [-0.2, 0) is 0 Å². The van der Waals surface area contributed by atoms with Crippen molar-refractivity contribution in [3.05, 3.63) is 0 Å². The minimum absolute atomic E-state index is 0.339. The van der Waals surface area contributed by atoms with E-state index < -0.39 is 0 Å². The maximum absolute atomic E-state index is 11.7. The van der Waals surface area contributed by atoms with Gasteiger partial charge in [0.1, 0.15) is 19.3 Å². The fourth-order valence-electron chi connectivity index (χ4n) is 2.76. The van der Waals surface area contributed by atoms with Crippen LogP contribution in [-0.4, -0.2) is 30.0 Å². The lowest BCUT2D eigenvalue weighted by Crippen LogP contribution is -2.32. The van der Waals surface area contributed by atoms with Crippen molar-refractivity contribution in [2.45, 2.75) is 77.7 Å². The smallest absolute Gasteiger partial charge is 0.142 e. The van der Waals surface area contributed by atoms with Gasteiger partial charge >= 0.3 is 0 Å². The molecule has 106 valence electrons. The number of unbranched alkanes of at least 4 members (excludes halogenated alkanes) is 2. The van der Waals surface area contributed by atoms with Crippen LogP contribution in [0.2, 0.25) is 0 Å². The van der Waals surface area contributed by atoms with Crippen LogP contribution in [0.4, 0.5) is 0 Å². The number of nitrogens with zero attached hydrogens (tertiary/aromatic N) is 1. The Balaban J connectivity index is 2.25. The van der Waals surface area contributed by atoms with Gasteiger partial charge in [0.05, 0.1) is 0 Å². The van der Waals surface area contributed by atoms with Gasteiger partial charge in [-0.1, -0.05) is 46.0 Å². The van der Waals surface area contributed by atoms with Gasteiger partial charge in [-0.25, -0.2) is 4.58 Å². The molecule has 18 heavy (non-hydrogen) atoms. The zero-order valence-electron chi connectivity index (χ0n) is 12.4. The van der Waals surface area contributed by atoms with Crippen molar-refractivity contribution in [3.8, 4) is 0 Å². The molecule has 0 N–H and O–H groups in total. The van der Waals surface area contributed by atoms with Crippen LogP contribution in [0, 0.1) is 5.92 Å². The van der Waals surface area contributed by atoms with Gasteiger partial charge in [-0.3, -0.25) is 0 Å². The molecule has 0 aromatic carbocycles. The van der Waals surface area contributed by atoms with E-state index in [-0.39, 0.29) is 6.10 Å². The first-order chi connectivity index (χ1) is 8.76. The first-order valence-electron chi connectivity index (χ1n) is 8.01. The second-order valence-corrected chi connectivity index (χ2v) is 5.78. The highest BCUT2D eigenvalue weighted by molar-refractivity contribution is 5.55. The fourth-order valence-corrected chi connectivity index (χ4v) is 2.76. The molecule has 0 saturated heterocycles. The van der Waals surface area contributed by atoms with Crippen LogP contribution in [0.3, 0.4) is 0 Å². The van der Waals surface area contributed by atoms with E-state index in [1.165, 1.54) is 38.6 Å². The Bertz CT molecular complexity index is 237. The van der Waals surface area contributed by atoms with Crippen molar-refractivity contribution < 1.29 is 9.68 Å². The lowest BCUT2D eigenvalue weighted by molar-refractivity contribution is -0.540. The second-order valence-electron chi connectivity index (χ2n) is 5.78. The van der Waals surface area contributed by atoms with Crippen LogP contribution in [0.25, 0.3) is 0 Å². The first kappa shape index (κ1) is 15.7. The van der Waals surface area contributed by atoms with Gasteiger partial charge in [0.25, 0.3) is 0 Å². The standard InChI is InChI=1S/C16H31NO/c1-3-5-8-15-9-7-12-17(14-15)13-11-16(18)10-6-4-2/h14-16H,3-13H2,1-2H3/t15-,16+/m1/s1. The van der Waals surface area contributed by atoms with Crippen LogP contribution in [0.1, 0.15) is 71.6 Å². The molecular weight excluding hydrogens is 222 g/mol. The molecule has 1 aliphatic rings. The number of hydrogen-bond acceptors (Lipinski definition) is 1. The second kappa shape index (κ2) is 9.55. The van der Waals surface area contributed by atoms with Crippen molar-refractivity contribution in [2.24, 2.45) is 5.92 Å². The molecule has 0 radical (unpaired) electrons. The molecule has 2 heteroatoms. The highest BCUT2D eigenvalue weighted by Gasteiger charge is 2.18. The average Bonchev–Trinajstić information content (AvgIpc) is 2.41. The Morgan fingerprint density at radius 3 is 2.72 bits per heavy atom. The van der Waals surface area contributed by atoms with Gasteiger partial charge < -0.3 is 5.11 Å². The summed E-state index contributed by atoms with van der Waals surface area (Å²) in [6, 6.07) is 0. The molecule has 0 spiro atoms. The minimum atomic E-state index is -0.339. The van der Waals surface area contributed by atoms with Gasteiger partial charge in [-0.2, -0.15) is 0 Å². The van der Waals surface area contributed by atoms with Crippen molar-refractivity contribution in [1.29, 1.82) is 0 Å². The highest BCUT2D eigenvalue weighted by atomic mass is 16.3. The molecular formula is C16H31NO. The molecule has 1 heterocycles. The lowest BCUT2D eigenvalue weighted by Gasteiger charge is -2.22. The molecule has 1 rings (SSSR count). The largest absolute Gasteiger partial charge is 0.852 e. The van der Waals surface area contributed by atoms with Crippen molar-refractivity contribution in [1.82, 2.24) is 0 Å². The SMILES string of the molecule is CCCC[C@H]([O-])CC[N+]1=C[C@H](CCCC)CCC1. The van der Waals surface area contributed by atoms with Crippen molar-refractivity contribution in [2.75, 3.05) is 13.1 Å². The molecule has 0 aromatic heterocycles. The molecule has 0 aliphatic carbocycles. The Hall–Kier alpha value is -0.370. The predicted molar refractivity (Wildman–Crippen MR) is 76.2 cm³/mol. The summed E-state index contributed by atoms with van der Waals surface area (Å²) < 4.78 is 2.42. The zero-order valence-corrected chi connectivity index (χ0v) is 12.4. The predicted octanol–water partition coefficient (Wildman–Crippen LogP) is 2.98. The molecule has 0 amide bonds. The summed E-state index contributed by atoms with van der Waals surface area (Å²) in [5.74, 6) is 0.777. The van der Waals surface area contributed by atoms with Gasteiger partial charge in [0, 0.05) is 12.3 Å². The van der Waals surface area contributed by atoms with Crippen molar-refractivity contribution in [3.63, 3.8) is 0 Å². The van der Waals surface area contributed by atoms with E-state index in [2.05, 4.69) is 24.6 Å². The fraction of sp³-hybridized carbons (Fsp3) is 0.938. The summed E-state index contributed by atoms with van der Waals surface area (Å²) in [4.78, 5) is 0. The Morgan fingerprint density at radius 2 is 2.00 bits per heavy atom. The third-order valence-electron chi connectivity index (χ3n) is 3.99. The van der Waals surface area contributed by atoms with E-state index in [0.717, 1.165) is 38.1 Å². The first-order valence-corrected chi connectivity index (χ1v) is 8.01. The molecule has 0 bridgehead atoms. The van der Waals surface area contributed by atoms with E-state index in [9.17, 15) is 5.11 Å².